The maximum Gasteiger partial charge on any atom is 0.268 e. The van der Waals surface area contributed by atoms with Gasteiger partial charge in [-0.2, -0.15) is 0 Å². The van der Waals surface area contributed by atoms with Crippen LogP contribution in [0.15, 0.2) is 24.0 Å². The van der Waals surface area contributed by atoms with Crippen molar-refractivity contribution in [2.45, 2.75) is 22.5 Å². The third-order valence-corrected chi connectivity index (χ3v) is 12.1. The van der Waals surface area contributed by atoms with Crippen molar-refractivity contribution in [3.8, 4) is 0 Å². The van der Waals surface area contributed by atoms with Gasteiger partial charge in [-0.25, -0.2) is 4.90 Å². The summed E-state index contributed by atoms with van der Waals surface area (Å²) in [5.41, 5.74) is 0.240. The summed E-state index contributed by atoms with van der Waals surface area (Å²) in [5.74, 6) is -2.43. The third kappa shape index (κ3) is 3.41. The van der Waals surface area contributed by atoms with Crippen molar-refractivity contribution in [3.63, 3.8) is 0 Å². The van der Waals surface area contributed by atoms with E-state index in [1.807, 2.05) is 0 Å². The van der Waals surface area contributed by atoms with Crippen LogP contribution < -0.4 is 0 Å². The Hall–Kier alpha value is 0.910. The molecule has 2 aliphatic rings. The molecule has 0 aromatic heterocycles. The molecular weight excluding hydrogens is 722 g/mol. The summed E-state index contributed by atoms with van der Waals surface area (Å²) >= 11 is 20.6. The molecule has 134 valence electrons. The number of nitrogens with zero attached hydrogens (tertiary/aromatic N) is 1. The fourth-order valence-electron chi connectivity index (χ4n) is 3.18. The van der Waals surface area contributed by atoms with Crippen LogP contribution in [0.1, 0.15) is 23.2 Å². The van der Waals surface area contributed by atoms with E-state index < -0.39 is 29.6 Å². The number of benzene rings is 1. The minimum atomic E-state index is -0.615. The molecule has 0 bridgehead atoms. The predicted octanol–water partition coefficient (Wildman–Crippen LogP) is 5.80. The SMILES string of the molecule is O=C(c1cc(Br)c(Br)c(Br)c1Br)N1C(=O)C2CCC(Br)C(Br)C2C1=O. The molecule has 2 fully saturated rings. The van der Waals surface area contributed by atoms with Gasteiger partial charge in [-0.05, 0) is 82.6 Å². The van der Waals surface area contributed by atoms with Gasteiger partial charge >= 0.3 is 0 Å². The van der Waals surface area contributed by atoms with E-state index in [4.69, 9.17) is 0 Å². The molecule has 25 heavy (non-hydrogen) atoms. The number of hydrogen-bond acceptors (Lipinski definition) is 3. The highest BCUT2D eigenvalue weighted by atomic mass is 79.9. The summed E-state index contributed by atoms with van der Waals surface area (Å²) in [4.78, 5) is 39.4. The van der Waals surface area contributed by atoms with Gasteiger partial charge in [0.25, 0.3) is 5.91 Å². The Balaban J connectivity index is 2.02. The molecule has 0 N–H and O–H groups in total. The van der Waals surface area contributed by atoms with Gasteiger partial charge in [0.2, 0.25) is 11.8 Å². The molecule has 4 unspecified atom stereocenters. The van der Waals surface area contributed by atoms with Crippen molar-refractivity contribution < 1.29 is 14.4 Å². The van der Waals surface area contributed by atoms with Gasteiger partial charge < -0.3 is 0 Å². The Bertz CT molecular complexity index is 798. The number of alkyl halides is 2. The van der Waals surface area contributed by atoms with Gasteiger partial charge in [0.1, 0.15) is 0 Å². The fourth-order valence-corrected chi connectivity index (χ4v) is 6.82. The van der Waals surface area contributed by atoms with Crippen LogP contribution in [0.4, 0.5) is 0 Å². The van der Waals surface area contributed by atoms with Crippen LogP contribution in [0, 0.1) is 11.8 Å². The van der Waals surface area contributed by atoms with E-state index in [1.54, 1.807) is 6.07 Å². The molecule has 3 amide bonds. The summed E-state index contributed by atoms with van der Waals surface area (Å²) in [6.07, 6.45) is 1.36. The van der Waals surface area contributed by atoms with E-state index in [1.165, 1.54) is 0 Å². The summed E-state index contributed by atoms with van der Waals surface area (Å²) in [6.45, 7) is 0. The maximum atomic E-state index is 13.0. The first-order chi connectivity index (χ1) is 11.7. The Labute approximate surface area is 194 Å². The Morgan fingerprint density at radius 1 is 0.960 bits per heavy atom. The number of carbonyl (C=O) groups is 3. The van der Waals surface area contributed by atoms with Gasteiger partial charge in [0, 0.05) is 27.5 Å². The van der Waals surface area contributed by atoms with Crippen LogP contribution >= 0.6 is 95.6 Å². The first-order valence-corrected chi connectivity index (χ1v) is 12.2. The highest BCUT2D eigenvalue weighted by Gasteiger charge is 2.56. The van der Waals surface area contributed by atoms with Crippen molar-refractivity contribution in [2.24, 2.45) is 11.8 Å². The number of imide groups is 3. The van der Waals surface area contributed by atoms with E-state index in [0.717, 1.165) is 15.8 Å². The third-order valence-electron chi connectivity index (χ3n) is 4.45. The second-order valence-electron chi connectivity index (χ2n) is 5.83. The number of likely N-dealkylation sites (tertiary alicyclic amines) is 1. The van der Waals surface area contributed by atoms with Crippen LogP contribution in [0.25, 0.3) is 0 Å². The lowest BCUT2D eigenvalue weighted by molar-refractivity contribution is -0.136. The smallest absolute Gasteiger partial charge is 0.268 e. The first-order valence-electron chi connectivity index (χ1n) is 7.20. The molecule has 1 heterocycles. The molecule has 1 aliphatic carbocycles. The second-order valence-corrected chi connectivity index (χ2v) is 11.3. The van der Waals surface area contributed by atoms with Crippen LogP contribution in [0.3, 0.4) is 0 Å². The summed E-state index contributed by atoms with van der Waals surface area (Å²) < 4.78 is 2.48. The first kappa shape index (κ1) is 20.6. The fraction of sp³-hybridized carbons (Fsp3) is 0.400. The largest absolute Gasteiger partial charge is 0.274 e. The van der Waals surface area contributed by atoms with Crippen LogP contribution in [-0.2, 0) is 9.59 Å². The van der Waals surface area contributed by atoms with Crippen molar-refractivity contribution in [1.82, 2.24) is 4.90 Å². The van der Waals surface area contributed by atoms with Gasteiger partial charge in [0.05, 0.1) is 17.4 Å². The molecule has 10 heteroatoms. The Kier molecular flexibility index (Phi) is 6.39. The Morgan fingerprint density at radius 2 is 1.60 bits per heavy atom. The van der Waals surface area contributed by atoms with Gasteiger partial charge in [0.15, 0.2) is 0 Å². The normalized spacial score (nSPS) is 29.1. The van der Waals surface area contributed by atoms with Crippen molar-refractivity contribution in [2.75, 3.05) is 0 Å². The Morgan fingerprint density at radius 3 is 2.24 bits per heavy atom. The molecular formula is C15H9Br6NO3. The van der Waals surface area contributed by atoms with Crippen LogP contribution in [0.2, 0.25) is 0 Å². The van der Waals surface area contributed by atoms with E-state index >= 15 is 0 Å². The monoisotopic (exact) mass is 725 g/mol. The highest BCUT2D eigenvalue weighted by molar-refractivity contribution is 9.15. The quantitative estimate of drug-likeness (QED) is 0.159. The van der Waals surface area contributed by atoms with Gasteiger partial charge in [-0.3, -0.25) is 14.4 Å². The minimum Gasteiger partial charge on any atom is -0.274 e. The zero-order chi connectivity index (χ0) is 18.6. The molecule has 0 spiro atoms. The van der Waals surface area contributed by atoms with E-state index in [-0.39, 0.29) is 15.2 Å². The second kappa shape index (κ2) is 7.73. The van der Waals surface area contributed by atoms with Gasteiger partial charge in [-0.15, -0.1) is 0 Å². The zero-order valence-corrected chi connectivity index (χ0v) is 21.8. The van der Waals surface area contributed by atoms with Crippen LogP contribution in [0.5, 0.6) is 0 Å². The summed E-state index contributed by atoms with van der Waals surface area (Å²) in [6, 6.07) is 1.59. The van der Waals surface area contributed by atoms with E-state index in [2.05, 4.69) is 95.6 Å². The number of carbonyl (C=O) groups excluding carboxylic acids is 3. The number of fused-ring (bicyclic) bond motifs is 1. The van der Waals surface area contributed by atoms with E-state index in [0.29, 0.717) is 19.8 Å². The number of amides is 3. The molecule has 0 radical (unpaired) electrons. The number of halogens is 6. The molecule has 1 aromatic rings. The lowest BCUT2D eigenvalue weighted by Gasteiger charge is -2.30. The molecule has 1 saturated carbocycles. The zero-order valence-electron chi connectivity index (χ0n) is 12.2. The molecule has 1 aliphatic heterocycles. The molecule has 1 aromatic carbocycles. The molecule has 4 atom stereocenters. The topological polar surface area (TPSA) is 54.5 Å². The standard InChI is InChI=1S/C15H9Br6NO3/c16-6-2-1-4-8(10(6)19)15(25)22(13(4)23)14(24)5-3-7(17)11(20)12(21)9(5)18/h3-4,6,8,10H,1-2H2. The molecule has 3 rings (SSSR count). The lowest BCUT2D eigenvalue weighted by Crippen LogP contribution is -2.39. The molecule has 4 nitrogen and oxygen atoms in total. The predicted molar refractivity (Wildman–Crippen MR) is 115 cm³/mol. The number of rotatable bonds is 1. The minimum absolute atomic E-state index is 0.100. The van der Waals surface area contributed by atoms with Crippen LogP contribution in [-0.4, -0.2) is 32.3 Å². The van der Waals surface area contributed by atoms with Crippen molar-refractivity contribution in [1.29, 1.82) is 0 Å². The van der Waals surface area contributed by atoms with Crippen molar-refractivity contribution in [3.05, 3.63) is 29.5 Å². The molecule has 1 saturated heterocycles. The average Bonchev–Trinajstić information content (AvgIpc) is 2.83. The maximum absolute atomic E-state index is 13.0. The van der Waals surface area contributed by atoms with Gasteiger partial charge in [-0.1, -0.05) is 31.9 Å². The summed E-state index contributed by atoms with van der Waals surface area (Å²) in [5, 5.41) is 0. The lowest BCUT2D eigenvalue weighted by atomic mass is 9.81. The summed E-state index contributed by atoms with van der Waals surface area (Å²) in [7, 11) is 0. The number of hydrogen-bond donors (Lipinski definition) is 0. The van der Waals surface area contributed by atoms with Crippen molar-refractivity contribution >= 4 is 113 Å². The average molecular weight is 731 g/mol. The van der Waals surface area contributed by atoms with E-state index in [9.17, 15) is 14.4 Å². The highest BCUT2D eigenvalue weighted by Crippen LogP contribution is 2.45.